The van der Waals surface area contributed by atoms with E-state index in [-0.39, 0.29) is 11.9 Å². The van der Waals surface area contributed by atoms with Crippen molar-refractivity contribution in [3.05, 3.63) is 47.8 Å². The summed E-state index contributed by atoms with van der Waals surface area (Å²) in [4.78, 5) is 12.0. The molecule has 100 valence electrons. The maximum absolute atomic E-state index is 12.0. The van der Waals surface area contributed by atoms with Gasteiger partial charge in [-0.15, -0.1) is 0 Å². The second-order valence-electron chi connectivity index (χ2n) is 5.22. The number of aryl methyl sites for hydroxylation is 2. The first kappa shape index (κ1) is 13.4. The average Bonchev–Trinajstić information content (AvgIpc) is 2.71. The summed E-state index contributed by atoms with van der Waals surface area (Å²) in [5.74, 6) is -0.0316. The highest BCUT2D eigenvalue weighted by atomic mass is 16.2. The van der Waals surface area contributed by atoms with Crippen LogP contribution < -0.4 is 5.32 Å². The van der Waals surface area contributed by atoms with Crippen molar-refractivity contribution < 1.29 is 4.79 Å². The van der Waals surface area contributed by atoms with Crippen molar-refractivity contribution in [2.45, 2.75) is 26.8 Å². The maximum Gasteiger partial charge on any atom is 0.268 e. The summed E-state index contributed by atoms with van der Waals surface area (Å²) in [6.45, 7) is 5.99. The van der Waals surface area contributed by atoms with Gasteiger partial charge in [-0.25, -0.2) is 0 Å². The van der Waals surface area contributed by atoms with Gasteiger partial charge in [0.25, 0.3) is 5.91 Å². The number of nitrogens with one attached hydrogen (secondary N) is 1. The van der Waals surface area contributed by atoms with E-state index in [0.717, 1.165) is 11.1 Å². The normalized spacial score (nSPS) is 10.8. The van der Waals surface area contributed by atoms with Crippen LogP contribution in [0.3, 0.4) is 0 Å². The first-order chi connectivity index (χ1) is 8.97. The average molecular weight is 256 g/mol. The summed E-state index contributed by atoms with van der Waals surface area (Å²) in [6.07, 6.45) is 1.99. The fourth-order valence-electron chi connectivity index (χ4n) is 2.03. The fraction of sp³-hybridized carbons (Fsp3) is 0.312. The Hall–Kier alpha value is -2.03. The Morgan fingerprint density at radius 2 is 1.79 bits per heavy atom. The molecule has 2 aromatic rings. The van der Waals surface area contributed by atoms with Crippen molar-refractivity contribution in [3.63, 3.8) is 0 Å². The highest BCUT2D eigenvalue weighted by Crippen LogP contribution is 2.22. The van der Waals surface area contributed by atoms with E-state index in [1.54, 1.807) is 0 Å². The third kappa shape index (κ3) is 3.05. The van der Waals surface area contributed by atoms with Gasteiger partial charge in [0.05, 0.1) is 0 Å². The largest absolute Gasteiger partial charge is 0.349 e. The van der Waals surface area contributed by atoms with Gasteiger partial charge in [-0.3, -0.25) is 4.79 Å². The van der Waals surface area contributed by atoms with Crippen molar-refractivity contribution in [2.24, 2.45) is 7.05 Å². The zero-order valence-electron chi connectivity index (χ0n) is 11.9. The maximum atomic E-state index is 12.0. The number of hydrogen-bond acceptors (Lipinski definition) is 1. The SMILES string of the molecule is Cc1ccc(-c2cc(C(=O)NC(C)C)n(C)c2)cc1. The van der Waals surface area contributed by atoms with Crippen molar-refractivity contribution >= 4 is 5.91 Å². The molecular weight excluding hydrogens is 236 g/mol. The lowest BCUT2D eigenvalue weighted by molar-refractivity contribution is 0.0935. The molecule has 0 spiro atoms. The zero-order chi connectivity index (χ0) is 14.0. The van der Waals surface area contributed by atoms with Crippen LogP contribution in [0.2, 0.25) is 0 Å². The second kappa shape index (κ2) is 5.31. The predicted molar refractivity (Wildman–Crippen MR) is 78.2 cm³/mol. The summed E-state index contributed by atoms with van der Waals surface area (Å²) >= 11 is 0. The Morgan fingerprint density at radius 1 is 1.16 bits per heavy atom. The standard InChI is InChI=1S/C16H20N2O/c1-11(2)17-16(19)15-9-14(10-18(15)4)13-7-5-12(3)6-8-13/h5-11H,1-4H3,(H,17,19). The van der Waals surface area contributed by atoms with E-state index in [9.17, 15) is 4.79 Å². The minimum atomic E-state index is -0.0316. The number of benzene rings is 1. The Labute approximate surface area is 114 Å². The topological polar surface area (TPSA) is 34.0 Å². The summed E-state index contributed by atoms with van der Waals surface area (Å²) in [6, 6.07) is 10.4. The molecule has 0 atom stereocenters. The molecule has 19 heavy (non-hydrogen) atoms. The second-order valence-corrected chi connectivity index (χ2v) is 5.22. The van der Waals surface area contributed by atoms with E-state index in [1.165, 1.54) is 5.56 Å². The minimum Gasteiger partial charge on any atom is -0.349 e. The van der Waals surface area contributed by atoms with Crippen LogP contribution in [-0.2, 0) is 7.05 Å². The molecule has 0 radical (unpaired) electrons. The summed E-state index contributed by atoms with van der Waals surface area (Å²) in [5.41, 5.74) is 4.11. The van der Waals surface area contributed by atoms with Crippen molar-refractivity contribution in [3.8, 4) is 11.1 Å². The van der Waals surface area contributed by atoms with E-state index in [1.807, 2.05) is 37.7 Å². The number of carbonyl (C=O) groups is 1. The van der Waals surface area contributed by atoms with Gasteiger partial charge in [-0.05, 0) is 32.4 Å². The number of amides is 1. The molecule has 0 bridgehead atoms. The van der Waals surface area contributed by atoms with Crippen LogP contribution in [0.25, 0.3) is 11.1 Å². The Morgan fingerprint density at radius 3 is 2.37 bits per heavy atom. The molecule has 1 aromatic heterocycles. The Balaban J connectivity index is 2.30. The molecule has 1 heterocycles. The molecule has 0 fully saturated rings. The summed E-state index contributed by atoms with van der Waals surface area (Å²) < 4.78 is 1.87. The number of aromatic nitrogens is 1. The zero-order valence-corrected chi connectivity index (χ0v) is 11.9. The molecule has 0 aliphatic heterocycles. The van der Waals surface area contributed by atoms with E-state index >= 15 is 0 Å². The minimum absolute atomic E-state index is 0.0316. The van der Waals surface area contributed by atoms with Crippen LogP contribution in [0.5, 0.6) is 0 Å². The molecule has 0 saturated heterocycles. The summed E-state index contributed by atoms with van der Waals surface area (Å²) in [5, 5.41) is 2.91. The van der Waals surface area contributed by atoms with Gasteiger partial charge in [-0.2, -0.15) is 0 Å². The lowest BCUT2D eigenvalue weighted by Crippen LogP contribution is -2.31. The molecule has 0 unspecified atom stereocenters. The third-order valence-electron chi connectivity index (χ3n) is 3.04. The van der Waals surface area contributed by atoms with Crippen molar-refractivity contribution in [1.29, 1.82) is 0 Å². The number of carbonyl (C=O) groups excluding carboxylic acids is 1. The number of nitrogens with zero attached hydrogens (tertiary/aromatic N) is 1. The van der Waals surface area contributed by atoms with Gasteiger partial charge < -0.3 is 9.88 Å². The van der Waals surface area contributed by atoms with Gasteiger partial charge in [0.2, 0.25) is 0 Å². The van der Waals surface area contributed by atoms with Crippen LogP contribution in [-0.4, -0.2) is 16.5 Å². The van der Waals surface area contributed by atoms with Crippen LogP contribution >= 0.6 is 0 Å². The van der Waals surface area contributed by atoms with Crippen LogP contribution in [0.1, 0.15) is 29.9 Å². The highest BCUT2D eigenvalue weighted by molar-refractivity contribution is 5.94. The lowest BCUT2D eigenvalue weighted by atomic mass is 10.1. The van der Waals surface area contributed by atoms with Crippen LogP contribution in [0, 0.1) is 6.92 Å². The van der Waals surface area contributed by atoms with E-state index < -0.39 is 0 Å². The van der Waals surface area contributed by atoms with Gasteiger partial charge >= 0.3 is 0 Å². The van der Waals surface area contributed by atoms with Gasteiger partial charge in [0.15, 0.2) is 0 Å². The Kier molecular flexibility index (Phi) is 3.74. The smallest absolute Gasteiger partial charge is 0.268 e. The molecule has 1 N–H and O–H groups in total. The number of rotatable bonds is 3. The molecule has 0 saturated carbocycles. The summed E-state index contributed by atoms with van der Waals surface area (Å²) in [7, 11) is 1.90. The van der Waals surface area contributed by atoms with E-state index in [4.69, 9.17) is 0 Å². The lowest BCUT2D eigenvalue weighted by Gasteiger charge is -2.08. The third-order valence-corrected chi connectivity index (χ3v) is 3.04. The predicted octanol–water partition coefficient (Wildman–Crippen LogP) is 3.14. The monoisotopic (exact) mass is 256 g/mol. The molecule has 1 aromatic carbocycles. The van der Waals surface area contributed by atoms with Gasteiger partial charge in [0.1, 0.15) is 5.69 Å². The van der Waals surface area contributed by atoms with E-state index in [2.05, 4.69) is 36.5 Å². The molecule has 0 aliphatic carbocycles. The first-order valence-electron chi connectivity index (χ1n) is 6.51. The molecule has 3 heteroatoms. The fourth-order valence-corrected chi connectivity index (χ4v) is 2.03. The van der Waals surface area contributed by atoms with Crippen molar-refractivity contribution in [1.82, 2.24) is 9.88 Å². The van der Waals surface area contributed by atoms with Gasteiger partial charge in [-0.1, -0.05) is 29.8 Å². The van der Waals surface area contributed by atoms with E-state index in [0.29, 0.717) is 5.69 Å². The van der Waals surface area contributed by atoms with Crippen LogP contribution in [0.15, 0.2) is 36.5 Å². The van der Waals surface area contributed by atoms with Gasteiger partial charge in [0, 0.05) is 24.8 Å². The molecule has 1 amide bonds. The molecule has 0 aliphatic rings. The quantitative estimate of drug-likeness (QED) is 0.899. The first-order valence-corrected chi connectivity index (χ1v) is 6.51. The van der Waals surface area contributed by atoms with Crippen molar-refractivity contribution in [2.75, 3.05) is 0 Å². The molecule has 3 nitrogen and oxygen atoms in total. The van der Waals surface area contributed by atoms with Crippen LogP contribution in [0.4, 0.5) is 0 Å². The highest BCUT2D eigenvalue weighted by Gasteiger charge is 2.13. The molecular formula is C16H20N2O. The number of hydrogen-bond donors (Lipinski definition) is 1. The Bertz CT molecular complexity index is 579. The molecule has 2 rings (SSSR count).